The van der Waals surface area contributed by atoms with E-state index in [0.717, 1.165) is 5.56 Å². The third kappa shape index (κ3) is 4.35. The second kappa shape index (κ2) is 8.66. The lowest BCUT2D eigenvalue weighted by molar-refractivity contribution is -0.161. The normalized spacial score (nSPS) is 18.1. The van der Waals surface area contributed by atoms with E-state index >= 15 is 0 Å². The number of sulfone groups is 1. The summed E-state index contributed by atoms with van der Waals surface area (Å²) < 4.78 is 35.2. The maximum atomic E-state index is 13.0. The van der Waals surface area contributed by atoms with Crippen LogP contribution >= 0.6 is 0 Å². The first kappa shape index (κ1) is 21.5. The molecule has 8 nitrogen and oxygen atoms in total. The second-order valence-corrected chi connectivity index (χ2v) is 8.77. The van der Waals surface area contributed by atoms with Gasteiger partial charge in [-0.1, -0.05) is 35.9 Å². The standard InChI is InChI=1S/C21H21NO7S/c1-3-28-20(24)18-17(15-6-4-5-7-16(15)29-21(18)25)19(23)22-12-30(26,27)14-10-8-13(2)9-11-14/h4-11,17-18H,3,12H2,1-2H3,(H,22,23). The predicted octanol–water partition coefficient (Wildman–Crippen LogP) is 1.72. The number of para-hydroxylation sites is 1. The van der Waals surface area contributed by atoms with Crippen molar-refractivity contribution in [1.29, 1.82) is 0 Å². The Kier molecular flexibility index (Phi) is 6.21. The summed E-state index contributed by atoms with van der Waals surface area (Å²) >= 11 is 0. The van der Waals surface area contributed by atoms with E-state index in [-0.39, 0.29) is 17.3 Å². The number of hydrogen-bond donors (Lipinski definition) is 1. The molecule has 3 rings (SSSR count). The summed E-state index contributed by atoms with van der Waals surface area (Å²) in [6, 6.07) is 12.5. The van der Waals surface area contributed by atoms with Crippen molar-refractivity contribution in [3.05, 3.63) is 59.7 Å². The topological polar surface area (TPSA) is 116 Å². The fourth-order valence-electron chi connectivity index (χ4n) is 3.18. The zero-order valence-corrected chi connectivity index (χ0v) is 17.3. The van der Waals surface area contributed by atoms with E-state index < -0.39 is 45.4 Å². The summed E-state index contributed by atoms with van der Waals surface area (Å²) in [5.74, 6) is -5.95. The number of aryl methyl sites for hydroxylation is 1. The molecule has 0 aromatic heterocycles. The van der Waals surface area contributed by atoms with Crippen LogP contribution in [0.5, 0.6) is 5.75 Å². The van der Waals surface area contributed by atoms with Gasteiger partial charge < -0.3 is 14.8 Å². The Bertz CT molecular complexity index is 1080. The summed E-state index contributed by atoms with van der Waals surface area (Å²) in [5.41, 5.74) is 1.20. The monoisotopic (exact) mass is 431 g/mol. The Balaban J connectivity index is 1.88. The lowest BCUT2D eigenvalue weighted by atomic mass is 9.82. The molecule has 1 heterocycles. The molecule has 0 bridgehead atoms. The molecule has 1 amide bonds. The molecule has 1 aliphatic rings. The van der Waals surface area contributed by atoms with Gasteiger partial charge in [-0.05, 0) is 32.0 Å². The molecule has 158 valence electrons. The largest absolute Gasteiger partial charge is 0.465 e. The van der Waals surface area contributed by atoms with Crippen LogP contribution < -0.4 is 10.1 Å². The molecule has 2 atom stereocenters. The fraction of sp³-hybridized carbons (Fsp3) is 0.286. The molecule has 0 saturated heterocycles. The third-order valence-corrected chi connectivity index (χ3v) is 6.21. The molecular weight excluding hydrogens is 410 g/mol. The molecule has 2 aromatic rings. The maximum Gasteiger partial charge on any atom is 0.326 e. The maximum absolute atomic E-state index is 13.0. The number of hydrogen-bond acceptors (Lipinski definition) is 7. The van der Waals surface area contributed by atoms with Crippen LogP contribution in [-0.2, 0) is 29.0 Å². The first-order valence-corrected chi connectivity index (χ1v) is 10.9. The van der Waals surface area contributed by atoms with E-state index in [2.05, 4.69) is 5.32 Å². The second-order valence-electron chi connectivity index (χ2n) is 6.78. The van der Waals surface area contributed by atoms with Gasteiger partial charge in [-0.25, -0.2) is 8.42 Å². The van der Waals surface area contributed by atoms with Crippen LogP contribution in [0.15, 0.2) is 53.4 Å². The molecular formula is C21H21NO7S. The van der Waals surface area contributed by atoms with Gasteiger partial charge in [-0.2, -0.15) is 0 Å². The van der Waals surface area contributed by atoms with Gasteiger partial charge in [0.05, 0.1) is 17.4 Å². The van der Waals surface area contributed by atoms with Crippen molar-refractivity contribution in [2.75, 3.05) is 12.5 Å². The summed E-state index contributed by atoms with van der Waals surface area (Å²) in [6.07, 6.45) is 0. The van der Waals surface area contributed by atoms with E-state index in [9.17, 15) is 22.8 Å². The van der Waals surface area contributed by atoms with Crippen molar-refractivity contribution in [3.8, 4) is 5.75 Å². The van der Waals surface area contributed by atoms with E-state index in [1.807, 2.05) is 6.92 Å². The van der Waals surface area contributed by atoms with Gasteiger partial charge in [-0.15, -0.1) is 0 Å². The molecule has 0 radical (unpaired) electrons. The van der Waals surface area contributed by atoms with Crippen LogP contribution in [0.25, 0.3) is 0 Å². The number of fused-ring (bicyclic) bond motifs is 1. The van der Waals surface area contributed by atoms with Crippen molar-refractivity contribution >= 4 is 27.7 Å². The molecule has 1 N–H and O–H groups in total. The van der Waals surface area contributed by atoms with Gasteiger partial charge in [0, 0.05) is 5.56 Å². The molecule has 2 unspecified atom stereocenters. The van der Waals surface area contributed by atoms with Gasteiger partial charge in [0.15, 0.2) is 15.8 Å². The predicted molar refractivity (Wildman–Crippen MR) is 106 cm³/mol. The molecule has 0 fully saturated rings. The number of amides is 1. The minimum Gasteiger partial charge on any atom is -0.465 e. The number of benzene rings is 2. The third-order valence-electron chi connectivity index (χ3n) is 4.69. The number of ether oxygens (including phenoxy) is 2. The Morgan fingerprint density at radius 2 is 1.73 bits per heavy atom. The summed E-state index contributed by atoms with van der Waals surface area (Å²) in [5, 5.41) is 2.35. The van der Waals surface area contributed by atoms with E-state index in [1.54, 1.807) is 37.3 Å². The molecule has 2 aromatic carbocycles. The van der Waals surface area contributed by atoms with E-state index in [0.29, 0.717) is 5.56 Å². The molecule has 0 saturated carbocycles. The highest BCUT2D eigenvalue weighted by Crippen LogP contribution is 2.38. The highest BCUT2D eigenvalue weighted by Gasteiger charge is 2.47. The number of carbonyl (C=O) groups is 3. The van der Waals surface area contributed by atoms with Crippen LogP contribution in [0.2, 0.25) is 0 Å². The quantitative estimate of drug-likeness (QED) is 0.421. The summed E-state index contributed by atoms with van der Waals surface area (Å²) in [7, 11) is -3.81. The highest BCUT2D eigenvalue weighted by atomic mass is 32.2. The summed E-state index contributed by atoms with van der Waals surface area (Å²) in [4.78, 5) is 37.8. The lowest BCUT2D eigenvalue weighted by Crippen LogP contribution is -2.46. The molecule has 9 heteroatoms. The first-order chi connectivity index (χ1) is 14.2. The van der Waals surface area contributed by atoms with Gasteiger partial charge in [0.1, 0.15) is 11.6 Å². The number of carbonyl (C=O) groups excluding carboxylic acids is 3. The average Bonchev–Trinajstić information content (AvgIpc) is 2.71. The molecule has 0 spiro atoms. The molecule has 0 aliphatic carbocycles. The van der Waals surface area contributed by atoms with Gasteiger partial charge >= 0.3 is 11.9 Å². The number of esters is 2. The Hall–Kier alpha value is -3.20. The van der Waals surface area contributed by atoms with E-state index in [4.69, 9.17) is 9.47 Å². The van der Waals surface area contributed by atoms with Crippen molar-refractivity contribution < 1.29 is 32.3 Å². The minimum atomic E-state index is -3.81. The lowest BCUT2D eigenvalue weighted by Gasteiger charge is -2.29. The minimum absolute atomic E-state index is 0.0143. The zero-order chi connectivity index (χ0) is 21.9. The van der Waals surface area contributed by atoms with Crippen molar-refractivity contribution in [2.45, 2.75) is 24.7 Å². The highest BCUT2D eigenvalue weighted by molar-refractivity contribution is 7.91. The number of nitrogens with one attached hydrogen (secondary N) is 1. The van der Waals surface area contributed by atoms with Crippen LogP contribution in [0.4, 0.5) is 0 Å². The smallest absolute Gasteiger partial charge is 0.326 e. The van der Waals surface area contributed by atoms with Crippen molar-refractivity contribution in [3.63, 3.8) is 0 Å². The van der Waals surface area contributed by atoms with Crippen LogP contribution in [-0.4, -0.2) is 38.7 Å². The van der Waals surface area contributed by atoms with Gasteiger partial charge in [-0.3, -0.25) is 14.4 Å². The Morgan fingerprint density at radius 3 is 2.40 bits per heavy atom. The van der Waals surface area contributed by atoms with E-state index in [1.165, 1.54) is 18.2 Å². The van der Waals surface area contributed by atoms with Crippen molar-refractivity contribution in [1.82, 2.24) is 5.32 Å². The SMILES string of the molecule is CCOC(=O)C1C(=O)Oc2ccccc2C1C(=O)NCS(=O)(=O)c1ccc(C)cc1. The van der Waals surface area contributed by atoms with Gasteiger partial charge in [0.25, 0.3) is 0 Å². The van der Waals surface area contributed by atoms with Crippen LogP contribution in [0, 0.1) is 12.8 Å². The first-order valence-electron chi connectivity index (χ1n) is 9.29. The summed E-state index contributed by atoms with van der Waals surface area (Å²) in [6.45, 7) is 3.41. The Labute approximate surface area is 174 Å². The molecule has 1 aliphatic heterocycles. The Morgan fingerprint density at radius 1 is 1.07 bits per heavy atom. The molecule has 30 heavy (non-hydrogen) atoms. The zero-order valence-electron chi connectivity index (χ0n) is 16.5. The fourth-order valence-corrected chi connectivity index (χ4v) is 4.23. The van der Waals surface area contributed by atoms with Crippen LogP contribution in [0.3, 0.4) is 0 Å². The van der Waals surface area contributed by atoms with Crippen molar-refractivity contribution in [2.24, 2.45) is 5.92 Å². The average molecular weight is 431 g/mol. The van der Waals surface area contributed by atoms with Gasteiger partial charge in [0.2, 0.25) is 5.91 Å². The number of rotatable bonds is 6. The van der Waals surface area contributed by atoms with Crippen LogP contribution in [0.1, 0.15) is 24.0 Å².